The second-order valence-electron chi connectivity index (χ2n) is 3.87. The fourth-order valence-electron chi connectivity index (χ4n) is 1.56. The normalized spacial score (nSPS) is 24.9. The minimum atomic E-state index is -0.906. The molecule has 5 heteroatoms. The number of quaternary nitrogens is 1. The quantitative estimate of drug-likeness (QED) is 0.633. The molecular formula is C10H11Cl2NO2. The Morgan fingerprint density at radius 1 is 1.40 bits per heavy atom. The van der Waals surface area contributed by atoms with Crippen molar-refractivity contribution in [3.8, 4) is 0 Å². The molecule has 2 N–H and O–H groups in total. The second kappa shape index (κ2) is 3.92. The fourth-order valence-corrected chi connectivity index (χ4v) is 2.09. The van der Waals surface area contributed by atoms with E-state index in [-0.39, 0.29) is 0 Å². The summed E-state index contributed by atoms with van der Waals surface area (Å²) in [6.45, 7) is 0. The van der Waals surface area contributed by atoms with Crippen molar-refractivity contribution in [2.24, 2.45) is 5.92 Å². The van der Waals surface area contributed by atoms with Crippen LogP contribution in [0.15, 0.2) is 24.3 Å². The van der Waals surface area contributed by atoms with Crippen molar-refractivity contribution in [3.05, 3.63) is 35.0 Å². The van der Waals surface area contributed by atoms with Crippen LogP contribution in [-0.4, -0.2) is 9.54 Å². The molecule has 0 aliphatic heterocycles. The maximum atomic E-state index is 10.6. The zero-order valence-electron chi connectivity index (χ0n) is 7.91. The zero-order chi connectivity index (χ0) is 11.1. The molecular weight excluding hydrogens is 237 g/mol. The van der Waals surface area contributed by atoms with E-state index in [1.165, 1.54) is 0 Å². The van der Waals surface area contributed by atoms with Gasteiger partial charge in [0.25, 0.3) is 0 Å². The molecule has 3 nitrogen and oxygen atoms in total. The predicted octanol–water partition coefficient (Wildman–Crippen LogP) is 1.83. The van der Waals surface area contributed by atoms with Crippen LogP contribution in [0.5, 0.6) is 0 Å². The summed E-state index contributed by atoms with van der Waals surface area (Å²) in [5, 5.41) is 18.4. The molecule has 0 amide bonds. The highest BCUT2D eigenvalue weighted by atomic mass is 35.5. The summed E-state index contributed by atoms with van der Waals surface area (Å²) >= 11 is 11.8. The van der Waals surface area contributed by atoms with E-state index >= 15 is 0 Å². The lowest BCUT2D eigenvalue weighted by molar-refractivity contribution is -0.991. The molecule has 1 fully saturated rings. The first kappa shape index (κ1) is 11.2. The second-order valence-corrected chi connectivity index (χ2v) is 5.41. The third kappa shape index (κ3) is 2.62. The Hall–Kier alpha value is -0.320. The summed E-state index contributed by atoms with van der Waals surface area (Å²) in [7, 11) is 0. The number of hydrogen-bond donors (Lipinski definition) is 2. The molecule has 15 heavy (non-hydrogen) atoms. The van der Waals surface area contributed by atoms with Crippen LogP contribution in [0, 0.1) is 11.1 Å². The lowest BCUT2D eigenvalue weighted by Crippen LogP contribution is -2.99. The van der Waals surface area contributed by atoms with Crippen molar-refractivity contribution >= 4 is 28.9 Å². The first-order valence-electron chi connectivity index (χ1n) is 4.69. The van der Waals surface area contributed by atoms with Crippen molar-refractivity contribution in [2.45, 2.75) is 17.2 Å². The first-order valence-corrected chi connectivity index (χ1v) is 5.45. The van der Waals surface area contributed by atoms with E-state index in [1.54, 1.807) is 12.1 Å². The number of benzene rings is 1. The van der Waals surface area contributed by atoms with E-state index < -0.39 is 9.56 Å². The van der Waals surface area contributed by atoms with E-state index in [4.69, 9.17) is 28.4 Å². The third-order valence-corrected chi connectivity index (χ3v) is 3.56. The lowest BCUT2D eigenvalue weighted by atomic mass is 10.1. The number of hydrogen-bond acceptors (Lipinski definition) is 2. The average Bonchev–Trinajstić information content (AvgIpc) is 2.74. The molecule has 1 aromatic carbocycles. The molecule has 1 aromatic rings. The van der Waals surface area contributed by atoms with Gasteiger partial charge in [-0.05, 0) is 24.3 Å². The Bertz CT molecular complexity index is 351. The Labute approximate surface area is 97.7 Å². The van der Waals surface area contributed by atoms with Gasteiger partial charge in [-0.1, -0.05) is 12.1 Å². The van der Waals surface area contributed by atoms with Crippen LogP contribution in [0.1, 0.15) is 12.0 Å². The van der Waals surface area contributed by atoms with Crippen LogP contribution >= 0.6 is 23.2 Å². The van der Waals surface area contributed by atoms with Gasteiger partial charge in [0.1, 0.15) is 4.33 Å². The first-order chi connectivity index (χ1) is 6.99. The van der Waals surface area contributed by atoms with Gasteiger partial charge in [0.15, 0.2) is 5.69 Å². The highest BCUT2D eigenvalue weighted by Gasteiger charge is 2.51. The van der Waals surface area contributed by atoms with E-state index in [2.05, 4.69) is 0 Å². The maximum absolute atomic E-state index is 10.6. The fraction of sp³-hybridized carbons (Fsp3) is 0.400. The molecule has 0 aromatic heterocycles. The Balaban J connectivity index is 1.99. The molecule has 0 bridgehead atoms. The Morgan fingerprint density at radius 2 is 1.93 bits per heavy atom. The van der Waals surface area contributed by atoms with Gasteiger partial charge in [0.2, 0.25) is 0 Å². The average molecular weight is 248 g/mol. The zero-order valence-corrected chi connectivity index (χ0v) is 9.42. The van der Waals surface area contributed by atoms with Gasteiger partial charge in [-0.15, -0.1) is 23.2 Å². The van der Waals surface area contributed by atoms with Crippen LogP contribution < -0.4 is 5.23 Å². The number of alkyl halides is 2. The minimum absolute atomic E-state index is 0.302. The third-order valence-electron chi connectivity index (χ3n) is 2.64. The highest BCUT2D eigenvalue weighted by molar-refractivity contribution is 6.50. The number of nitrogens with one attached hydrogen (secondary N) is 1. The van der Waals surface area contributed by atoms with Crippen molar-refractivity contribution in [2.75, 3.05) is 0 Å². The minimum Gasteiger partial charge on any atom is -0.595 e. The van der Waals surface area contributed by atoms with Crippen molar-refractivity contribution in [1.29, 1.82) is 0 Å². The maximum Gasteiger partial charge on any atom is 0.163 e. The van der Waals surface area contributed by atoms with Gasteiger partial charge in [0, 0.05) is 12.1 Å². The van der Waals surface area contributed by atoms with Crippen LogP contribution in [0.25, 0.3) is 0 Å². The predicted molar refractivity (Wildman–Crippen MR) is 58.5 cm³/mol. The summed E-state index contributed by atoms with van der Waals surface area (Å²) in [4.78, 5) is 0. The molecule has 0 radical (unpaired) electrons. The van der Waals surface area contributed by atoms with Crippen LogP contribution in [0.4, 0.5) is 5.69 Å². The molecule has 0 saturated heterocycles. The highest BCUT2D eigenvalue weighted by Crippen LogP contribution is 2.54. The number of halogens is 2. The summed E-state index contributed by atoms with van der Waals surface area (Å²) in [6.07, 6.45) is 1.63. The molecule has 2 atom stereocenters. The summed E-state index contributed by atoms with van der Waals surface area (Å²) in [5.74, 6) is 0.302. The molecule has 1 saturated carbocycles. The van der Waals surface area contributed by atoms with Gasteiger partial charge >= 0.3 is 0 Å². The molecule has 1 aliphatic carbocycles. The SMILES string of the molecule is [O-][NH+](O)c1ccc(C[C@H]2CC2(Cl)Cl)cc1. The summed E-state index contributed by atoms with van der Waals surface area (Å²) in [6, 6.07) is 6.83. The van der Waals surface area contributed by atoms with Gasteiger partial charge in [0.05, 0.1) is 0 Å². The standard InChI is InChI=1S/C10H11Cl2NO2/c11-10(12)6-8(10)5-7-1-3-9(4-2-7)13(14)15/h1-4,8,13-14H,5-6H2/t8-/m0/s1. The molecule has 2 rings (SSSR count). The van der Waals surface area contributed by atoms with Gasteiger partial charge in [-0.3, -0.25) is 0 Å². The van der Waals surface area contributed by atoms with Crippen LogP contribution in [0.2, 0.25) is 0 Å². The summed E-state index contributed by atoms with van der Waals surface area (Å²) < 4.78 is -0.564. The molecule has 1 unspecified atom stereocenters. The lowest BCUT2D eigenvalue weighted by Gasteiger charge is -2.11. The largest absolute Gasteiger partial charge is 0.595 e. The molecule has 82 valence electrons. The Morgan fingerprint density at radius 3 is 2.33 bits per heavy atom. The van der Waals surface area contributed by atoms with Crippen molar-refractivity contribution < 1.29 is 10.4 Å². The van der Waals surface area contributed by atoms with Gasteiger partial charge < -0.3 is 5.21 Å². The Kier molecular flexibility index (Phi) is 2.92. The van der Waals surface area contributed by atoms with Gasteiger partial charge in [-0.25, -0.2) is 5.21 Å². The van der Waals surface area contributed by atoms with Crippen molar-refractivity contribution in [3.63, 3.8) is 0 Å². The van der Waals surface area contributed by atoms with E-state index in [0.29, 0.717) is 11.6 Å². The van der Waals surface area contributed by atoms with Crippen LogP contribution in [-0.2, 0) is 6.42 Å². The molecule has 0 spiro atoms. The monoisotopic (exact) mass is 247 g/mol. The van der Waals surface area contributed by atoms with E-state index in [9.17, 15) is 5.21 Å². The topological polar surface area (TPSA) is 47.7 Å². The number of rotatable bonds is 3. The van der Waals surface area contributed by atoms with E-state index in [1.807, 2.05) is 12.1 Å². The van der Waals surface area contributed by atoms with Gasteiger partial charge in [-0.2, -0.15) is 5.23 Å². The molecule has 1 aliphatic rings. The smallest absolute Gasteiger partial charge is 0.163 e. The van der Waals surface area contributed by atoms with Crippen molar-refractivity contribution in [1.82, 2.24) is 0 Å². The van der Waals surface area contributed by atoms with E-state index in [0.717, 1.165) is 18.4 Å². The summed E-state index contributed by atoms with van der Waals surface area (Å²) in [5.41, 5.74) is 1.38. The van der Waals surface area contributed by atoms with Crippen LogP contribution in [0.3, 0.4) is 0 Å². The molecule has 0 heterocycles.